The van der Waals surface area contributed by atoms with Crippen molar-refractivity contribution < 1.29 is 9.31 Å². The van der Waals surface area contributed by atoms with Gasteiger partial charge in [-0.3, -0.25) is 0 Å². The minimum Gasteiger partial charge on any atom is -0.399 e. The zero-order valence-electron chi connectivity index (χ0n) is 18.6. The van der Waals surface area contributed by atoms with Crippen LogP contribution in [0.1, 0.15) is 27.7 Å². The van der Waals surface area contributed by atoms with Gasteiger partial charge in [-0.1, -0.05) is 91.0 Å². The van der Waals surface area contributed by atoms with Crippen LogP contribution in [0.2, 0.25) is 0 Å². The molecule has 0 bridgehead atoms. The van der Waals surface area contributed by atoms with E-state index >= 15 is 0 Å². The lowest BCUT2D eigenvalue weighted by atomic mass is 9.78. The predicted octanol–water partition coefficient (Wildman–Crippen LogP) is 6.47. The summed E-state index contributed by atoms with van der Waals surface area (Å²) in [4.78, 5) is 0. The third-order valence-corrected chi connectivity index (χ3v) is 6.75. The number of fused-ring (bicyclic) bond motifs is 1. The Bertz CT molecular complexity index is 1200. The van der Waals surface area contributed by atoms with Crippen LogP contribution in [-0.4, -0.2) is 18.3 Å². The second-order valence-corrected chi connectivity index (χ2v) is 9.31. The van der Waals surface area contributed by atoms with Gasteiger partial charge in [-0.05, 0) is 66.2 Å². The number of hydrogen-bond acceptors (Lipinski definition) is 2. The molecule has 1 heterocycles. The summed E-state index contributed by atoms with van der Waals surface area (Å²) in [5, 5.41) is 2.55. The molecule has 1 saturated heterocycles. The minimum absolute atomic E-state index is 0.326. The highest BCUT2D eigenvalue weighted by Gasteiger charge is 2.51. The summed E-state index contributed by atoms with van der Waals surface area (Å²) in [5.74, 6) is 0. The summed E-state index contributed by atoms with van der Waals surface area (Å²) in [7, 11) is -0.326. The average molecular weight is 406 g/mol. The fraction of sp³-hybridized carbons (Fsp3) is 0.214. The van der Waals surface area contributed by atoms with Crippen molar-refractivity contribution in [2.45, 2.75) is 38.9 Å². The number of rotatable bonds is 3. The SMILES string of the molecule is CC1(C)OB(c2ccc(-c3ccc(-c4cccc5ccccc45)cc3)cc2)OC1(C)C. The second-order valence-electron chi connectivity index (χ2n) is 9.31. The Hall–Kier alpha value is -2.88. The van der Waals surface area contributed by atoms with Crippen LogP contribution in [0.15, 0.2) is 91.0 Å². The molecule has 0 saturated carbocycles. The Labute approximate surface area is 185 Å². The van der Waals surface area contributed by atoms with Crippen molar-refractivity contribution in [3.8, 4) is 22.3 Å². The fourth-order valence-electron chi connectivity index (χ4n) is 4.13. The lowest BCUT2D eigenvalue weighted by molar-refractivity contribution is 0.00578. The van der Waals surface area contributed by atoms with Gasteiger partial charge in [-0.15, -0.1) is 0 Å². The van der Waals surface area contributed by atoms with Crippen LogP contribution >= 0.6 is 0 Å². The van der Waals surface area contributed by atoms with Crippen molar-refractivity contribution in [2.24, 2.45) is 0 Å². The third-order valence-electron chi connectivity index (χ3n) is 6.75. The Morgan fingerprint density at radius 3 is 1.71 bits per heavy atom. The molecule has 1 fully saturated rings. The number of benzene rings is 4. The standard InChI is InChI=1S/C28H27BO2/c1-27(2)28(3,4)31-29(30-27)24-18-16-21(17-19-24)20-12-14-23(15-13-20)26-11-7-9-22-8-5-6-10-25(22)26/h5-19H,1-4H3. The van der Waals surface area contributed by atoms with Gasteiger partial charge in [-0.25, -0.2) is 0 Å². The summed E-state index contributed by atoms with van der Waals surface area (Å²) in [6, 6.07) is 32.3. The molecule has 0 aromatic heterocycles. The van der Waals surface area contributed by atoms with Gasteiger partial charge in [0.1, 0.15) is 0 Å². The Balaban J connectivity index is 1.39. The van der Waals surface area contributed by atoms with Gasteiger partial charge in [-0.2, -0.15) is 0 Å². The van der Waals surface area contributed by atoms with Crippen molar-refractivity contribution in [3.63, 3.8) is 0 Å². The Morgan fingerprint density at radius 1 is 0.548 bits per heavy atom. The van der Waals surface area contributed by atoms with E-state index in [4.69, 9.17) is 9.31 Å². The van der Waals surface area contributed by atoms with Crippen LogP contribution in [0.3, 0.4) is 0 Å². The summed E-state index contributed by atoms with van der Waals surface area (Å²) in [5.41, 5.74) is 5.28. The zero-order valence-corrected chi connectivity index (χ0v) is 18.6. The molecule has 0 N–H and O–H groups in total. The van der Waals surface area contributed by atoms with Gasteiger partial charge in [0.25, 0.3) is 0 Å². The van der Waals surface area contributed by atoms with Gasteiger partial charge < -0.3 is 9.31 Å². The van der Waals surface area contributed by atoms with Crippen LogP contribution in [-0.2, 0) is 9.31 Å². The molecule has 1 aliphatic rings. The first kappa shape index (κ1) is 20.1. The molecule has 0 amide bonds. The summed E-state index contributed by atoms with van der Waals surface area (Å²) in [6.45, 7) is 8.33. The van der Waals surface area contributed by atoms with Gasteiger partial charge >= 0.3 is 7.12 Å². The quantitative estimate of drug-likeness (QED) is 0.363. The van der Waals surface area contributed by atoms with Crippen molar-refractivity contribution in [1.29, 1.82) is 0 Å². The maximum absolute atomic E-state index is 6.17. The van der Waals surface area contributed by atoms with Crippen LogP contribution in [0.5, 0.6) is 0 Å². The normalized spacial score (nSPS) is 17.2. The van der Waals surface area contributed by atoms with E-state index in [1.807, 2.05) is 0 Å². The van der Waals surface area contributed by atoms with Crippen molar-refractivity contribution >= 4 is 23.4 Å². The van der Waals surface area contributed by atoms with Gasteiger partial charge in [0.05, 0.1) is 11.2 Å². The molecule has 2 nitrogen and oxygen atoms in total. The molecular weight excluding hydrogens is 379 g/mol. The van der Waals surface area contributed by atoms with E-state index < -0.39 is 0 Å². The van der Waals surface area contributed by atoms with Gasteiger partial charge in [0.2, 0.25) is 0 Å². The summed E-state index contributed by atoms with van der Waals surface area (Å²) < 4.78 is 12.3. The molecule has 0 unspecified atom stereocenters. The highest BCUT2D eigenvalue weighted by atomic mass is 16.7. The lowest BCUT2D eigenvalue weighted by Crippen LogP contribution is -2.41. The summed E-state index contributed by atoms with van der Waals surface area (Å²) in [6.07, 6.45) is 0. The van der Waals surface area contributed by atoms with Crippen LogP contribution in [0.4, 0.5) is 0 Å². The largest absolute Gasteiger partial charge is 0.494 e. The first-order valence-corrected chi connectivity index (χ1v) is 10.9. The first-order chi connectivity index (χ1) is 14.8. The van der Waals surface area contributed by atoms with Crippen molar-refractivity contribution in [2.75, 3.05) is 0 Å². The van der Waals surface area contributed by atoms with Crippen LogP contribution in [0, 0.1) is 0 Å². The first-order valence-electron chi connectivity index (χ1n) is 10.9. The topological polar surface area (TPSA) is 18.5 Å². The van der Waals surface area contributed by atoms with Gasteiger partial charge in [0, 0.05) is 0 Å². The highest BCUT2D eigenvalue weighted by Crippen LogP contribution is 2.36. The molecule has 31 heavy (non-hydrogen) atoms. The van der Waals surface area contributed by atoms with E-state index in [-0.39, 0.29) is 18.3 Å². The molecular formula is C28H27BO2. The highest BCUT2D eigenvalue weighted by molar-refractivity contribution is 6.62. The third kappa shape index (κ3) is 3.58. The second kappa shape index (κ2) is 7.37. The molecule has 0 atom stereocenters. The van der Waals surface area contributed by atoms with E-state index in [1.54, 1.807) is 0 Å². The molecule has 5 rings (SSSR count). The molecule has 0 radical (unpaired) electrons. The van der Waals surface area contributed by atoms with Gasteiger partial charge in [0.15, 0.2) is 0 Å². The lowest BCUT2D eigenvalue weighted by Gasteiger charge is -2.32. The zero-order chi connectivity index (χ0) is 21.6. The van der Waals surface area contributed by atoms with E-state index in [1.165, 1.54) is 33.0 Å². The molecule has 4 aromatic rings. The molecule has 4 aromatic carbocycles. The van der Waals surface area contributed by atoms with Crippen molar-refractivity contribution in [3.05, 3.63) is 91.0 Å². The molecule has 1 aliphatic heterocycles. The molecule has 0 spiro atoms. The fourth-order valence-corrected chi connectivity index (χ4v) is 4.13. The summed E-state index contributed by atoms with van der Waals surface area (Å²) >= 11 is 0. The predicted molar refractivity (Wildman–Crippen MR) is 131 cm³/mol. The van der Waals surface area contributed by atoms with Crippen molar-refractivity contribution in [1.82, 2.24) is 0 Å². The van der Waals surface area contributed by atoms with E-state index in [0.717, 1.165) is 5.46 Å². The van der Waals surface area contributed by atoms with E-state index in [0.29, 0.717) is 0 Å². The monoisotopic (exact) mass is 406 g/mol. The Kier molecular flexibility index (Phi) is 4.77. The van der Waals surface area contributed by atoms with Crippen LogP contribution in [0.25, 0.3) is 33.0 Å². The number of hydrogen-bond donors (Lipinski definition) is 0. The molecule has 154 valence electrons. The maximum atomic E-state index is 6.17. The Morgan fingerprint density at radius 2 is 1.06 bits per heavy atom. The van der Waals surface area contributed by atoms with E-state index in [9.17, 15) is 0 Å². The molecule has 0 aliphatic carbocycles. The van der Waals surface area contributed by atoms with E-state index in [2.05, 4.69) is 119 Å². The smallest absolute Gasteiger partial charge is 0.399 e. The minimum atomic E-state index is -0.326. The maximum Gasteiger partial charge on any atom is 0.494 e. The van der Waals surface area contributed by atoms with Crippen LogP contribution < -0.4 is 5.46 Å². The average Bonchev–Trinajstić information content (AvgIpc) is 3.00. The molecule has 3 heteroatoms.